The van der Waals surface area contributed by atoms with E-state index in [0.717, 1.165) is 18.4 Å². The Kier molecular flexibility index (Phi) is 5.85. The largest absolute Gasteiger partial charge is 0.364 e. The van der Waals surface area contributed by atoms with Crippen LogP contribution in [0.1, 0.15) is 25.3 Å². The van der Waals surface area contributed by atoms with E-state index in [-0.39, 0.29) is 11.5 Å². The van der Waals surface area contributed by atoms with Crippen molar-refractivity contribution in [3.05, 3.63) is 52.3 Å². The van der Waals surface area contributed by atoms with Gasteiger partial charge in [-0.3, -0.25) is 10.1 Å². The number of nitrogens with one attached hydrogen (secondary N) is 1. The number of nitrogens with zero attached hydrogens (tertiary/aromatic N) is 4. The highest BCUT2D eigenvalue weighted by atomic mass is 16.6. The highest BCUT2D eigenvalue weighted by Gasteiger charge is 2.25. The van der Waals surface area contributed by atoms with Crippen LogP contribution in [0.2, 0.25) is 0 Å². The summed E-state index contributed by atoms with van der Waals surface area (Å²) in [5, 5.41) is 14.5. The first-order valence-electron chi connectivity index (χ1n) is 7.61. The Hall–Kier alpha value is -2.70. The first-order chi connectivity index (χ1) is 11.1. The number of anilines is 2. The number of unbranched alkanes of at least 4 members (excludes halogenated alkanes) is 1. The van der Waals surface area contributed by atoms with E-state index in [0.29, 0.717) is 18.9 Å². The fourth-order valence-corrected chi connectivity index (χ4v) is 2.26. The minimum atomic E-state index is -0.425. The molecule has 0 saturated carbocycles. The van der Waals surface area contributed by atoms with Gasteiger partial charge >= 0.3 is 5.69 Å². The van der Waals surface area contributed by atoms with Crippen molar-refractivity contribution in [1.82, 2.24) is 9.97 Å². The van der Waals surface area contributed by atoms with E-state index in [1.165, 1.54) is 6.33 Å². The molecule has 2 rings (SSSR count). The second-order valence-corrected chi connectivity index (χ2v) is 5.27. The Balaban J connectivity index is 2.26. The van der Waals surface area contributed by atoms with E-state index in [9.17, 15) is 10.1 Å². The van der Waals surface area contributed by atoms with Gasteiger partial charge in [-0.1, -0.05) is 43.7 Å². The Labute approximate surface area is 135 Å². The monoisotopic (exact) mass is 315 g/mol. The van der Waals surface area contributed by atoms with Gasteiger partial charge in [0.15, 0.2) is 0 Å². The maximum atomic E-state index is 11.5. The maximum absolute atomic E-state index is 11.5. The van der Waals surface area contributed by atoms with Crippen LogP contribution in [-0.4, -0.2) is 28.5 Å². The Morgan fingerprint density at radius 2 is 2.00 bits per heavy atom. The van der Waals surface area contributed by atoms with Crippen LogP contribution in [-0.2, 0) is 6.54 Å². The van der Waals surface area contributed by atoms with Crippen molar-refractivity contribution >= 4 is 17.3 Å². The second-order valence-electron chi connectivity index (χ2n) is 5.27. The van der Waals surface area contributed by atoms with Crippen molar-refractivity contribution in [2.75, 3.05) is 23.8 Å². The maximum Gasteiger partial charge on any atom is 0.353 e. The number of benzene rings is 1. The fourth-order valence-electron chi connectivity index (χ4n) is 2.26. The highest BCUT2D eigenvalue weighted by molar-refractivity contribution is 5.70. The smallest absolute Gasteiger partial charge is 0.353 e. The predicted octanol–water partition coefficient (Wildman–Crippen LogP) is 3.23. The topological polar surface area (TPSA) is 84.2 Å². The second kappa shape index (κ2) is 8.07. The number of hydrogen-bond acceptors (Lipinski definition) is 6. The highest BCUT2D eigenvalue weighted by Crippen LogP contribution is 2.31. The van der Waals surface area contributed by atoms with Gasteiger partial charge in [0.25, 0.3) is 0 Å². The molecular weight excluding hydrogens is 294 g/mol. The zero-order valence-corrected chi connectivity index (χ0v) is 13.4. The van der Waals surface area contributed by atoms with E-state index in [1.54, 1.807) is 11.9 Å². The van der Waals surface area contributed by atoms with E-state index >= 15 is 0 Å². The molecule has 0 fully saturated rings. The van der Waals surface area contributed by atoms with Crippen LogP contribution in [0.3, 0.4) is 0 Å². The van der Waals surface area contributed by atoms with Crippen molar-refractivity contribution in [2.45, 2.75) is 26.3 Å². The third kappa shape index (κ3) is 4.38. The molecule has 0 aliphatic heterocycles. The molecule has 7 heteroatoms. The van der Waals surface area contributed by atoms with E-state index in [2.05, 4.69) is 22.2 Å². The standard InChI is InChI=1S/C16H21N5O2/c1-3-4-10-17-15-14(21(22)23)16(19-12-18-15)20(2)11-13-8-6-5-7-9-13/h5-9,12H,3-4,10-11H2,1-2H3,(H,17,18,19). The van der Waals surface area contributed by atoms with Crippen molar-refractivity contribution in [2.24, 2.45) is 0 Å². The SMILES string of the molecule is CCCCNc1ncnc(N(C)Cc2ccccc2)c1[N+](=O)[O-]. The van der Waals surface area contributed by atoms with Crippen LogP contribution in [0.25, 0.3) is 0 Å². The van der Waals surface area contributed by atoms with Gasteiger partial charge in [0.2, 0.25) is 11.6 Å². The third-order valence-corrected chi connectivity index (χ3v) is 3.43. The van der Waals surface area contributed by atoms with Crippen molar-refractivity contribution < 1.29 is 4.92 Å². The zero-order chi connectivity index (χ0) is 16.7. The molecule has 0 amide bonds. The first-order valence-corrected chi connectivity index (χ1v) is 7.61. The lowest BCUT2D eigenvalue weighted by molar-refractivity contribution is -0.383. The summed E-state index contributed by atoms with van der Waals surface area (Å²) < 4.78 is 0. The van der Waals surface area contributed by atoms with Crippen molar-refractivity contribution in [3.8, 4) is 0 Å². The molecule has 1 N–H and O–H groups in total. The van der Waals surface area contributed by atoms with E-state index < -0.39 is 4.92 Å². The van der Waals surface area contributed by atoms with Crippen LogP contribution >= 0.6 is 0 Å². The molecular formula is C16H21N5O2. The molecule has 0 aliphatic carbocycles. The number of aromatic nitrogens is 2. The summed E-state index contributed by atoms with van der Waals surface area (Å²) in [5.41, 5.74) is 0.977. The van der Waals surface area contributed by atoms with Gasteiger partial charge in [-0.15, -0.1) is 0 Å². The van der Waals surface area contributed by atoms with Crippen LogP contribution in [0, 0.1) is 10.1 Å². The quantitative estimate of drug-likeness (QED) is 0.457. The molecule has 2 aromatic rings. The molecule has 1 aromatic heterocycles. The number of hydrogen-bond donors (Lipinski definition) is 1. The summed E-state index contributed by atoms with van der Waals surface area (Å²) in [6.07, 6.45) is 3.29. The molecule has 0 spiro atoms. The molecule has 1 aromatic carbocycles. The molecule has 122 valence electrons. The Morgan fingerprint density at radius 3 is 2.65 bits per heavy atom. The normalized spacial score (nSPS) is 10.3. The Bertz CT molecular complexity index is 648. The summed E-state index contributed by atoms with van der Waals surface area (Å²) in [6.45, 7) is 3.25. The molecule has 0 bridgehead atoms. The average Bonchev–Trinajstić information content (AvgIpc) is 2.55. The van der Waals surface area contributed by atoms with Gasteiger partial charge in [-0.25, -0.2) is 9.97 Å². The molecule has 0 atom stereocenters. The van der Waals surface area contributed by atoms with Gasteiger partial charge in [0, 0.05) is 20.1 Å². The van der Waals surface area contributed by atoms with Crippen molar-refractivity contribution in [3.63, 3.8) is 0 Å². The molecule has 0 saturated heterocycles. The molecule has 0 unspecified atom stereocenters. The van der Waals surface area contributed by atoms with Crippen LogP contribution in [0.4, 0.5) is 17.3 Å². The summed E-state index contributed by atoms with van der Waals surface area (Å²) in [6, 6.07) is 9.77. The average molecular weight is 315 g/mol. The lowest BCUT2D eigenvalue weighted by Crippen LogP contribution is -2.20. The molecule has 7 nitrogen and oxygen atoms in total. The van der Waals surface area contributed by atoms with Gasteiger partial charge in [-0.05, 0) is 12.0 Å². The minimum absolute atomic E-state index is 0.0814. The van der Waals surface area contributed by atoms with Crippen LogP contribution in [0.5, 0.6) is 0 Å². The molecule has 0 aliphatic rings. The van der Waals surface area contributed by atoms with Gasteiger partial charge in [-0.2, -0.15) is 0 Å². The third-order valence-electron chi connectivity index (χ3n) is 3.43. The van der Waals surface area contributed by atoms with Gasteiger partial charge in [0.1, 0.15) is 6.33 Å². The lowest BCUT2D eigenvalue weighted by Gasteiger charge is -2.19. The Morgan fingerprint density at radius 1 is 1.26 bits per heavy atom. The number of rotatable bonds is 8. The van der Waals surface area contributed by atoms with Gasteiger partial charge < -0.3 is 10.2 Å². The summed E-state index contributed by atoms with van der Waals surface area (Å²) >= 11 is 0. The van der Waals surface area contributed by atoms with Crippen LogP contribution in [0.15, 0.2) is 36.7 Å². The summed E-state index contributed by atoms with van der Waals surface area (Å²) in [7, 11) is 1.79. The van der Waals surface area contributed by atoms with Crippen LogP contribution < -0.4 is 10.2 Å². The zero-order valence-electron chi connectivity index (χ0n) is 13.4. The van der Waals surface area contributed by atoms with E-state index in [4.69, 9.17) is 0 Å². The predicted molar refractivity (Wildman–Crippen MR) is 90.6 cm³/mol. The molecule has 1 heterocycles. The summed E-state index contributed by atoms with van der Waals surface area (Å²) in [5.74, 6) is 0.584. The van der Waals surface area contributed by atoms with Gasteiger partial charge in [0.05, 0.1) is 4.92 Å². The first kappa shape index (κ1) is 16.7. The van der Waals surface area contributed by atoms with Crippen molar-refractivity contribution in [1.29, 1.82) is 0 Å². The number of nitro groups is 1. The fraction of sp³-hybridized carbons (Fsp3) is 0.375. The minimum Gasteiger partial charge on any atom is -0.364 e. The molecule has 0 radical (unpaired) electrons. The summed E-state index contributed by atoms with van der Waals surface area (Å²) in [4.78, 5) is 21.0. The molecule has 23 heavy (non-hydrogen) atoms. The lowest BCUT2D eigenvalue weighted by atomic mass is 10.2. The van der Waals surface area contributed by atoms with E-state index in [1.807, 2.05) is 30.3 Å².